The molecule has 1 heterocycles. The molecule has 6 heteroatoms. The monoisotopic (exact) mass is 239 g/mol. The maximum Gasteiger partial charge on any atom is 0.145 e. The summed E-state index contributed by atoms with van der Waals surface area (Å²) in [4.78, 5) is 8.56. The fourth-order valence-corrected chi connectivity index (χ4v) is 1.42. The smallest absolute Gasteiger partial charge is 0.145 e. The van der Waals surface area contributed by atoms with E-state index in [2.05, 4.69) is 27.6 Å². The fraction of sp³-hybridized carbons (Fsp3) is 0.636. The highest BCUT2D eigenvalue weighted by Crippen LogP contribution is 2.12. The molecule has 0 radical (unpaired) electrons. The quantitative estimate of drug-likeness (QED) is 0.414. The van der Waals surface area contributed by atoms with Crippen LogP contribution in [0.2, 0.25) is 0 Å². The number of hydrogen-bond donors (Lipinski definition) is 4. The summed E-state index contributed by atoms with van der Waals surface area (Å²) in [6.45, 7) is 5.05. The van der Waals surface area contributed by atoms with Crippen molar-refractivity contribution in [3.8, 4) is 0 Å². The molecule has 0 aliphatic heterocycles. The van der Waals surface area contributed by atoms with Gasteiger partial charge in [-0.05, 0) is 12.3 Å². The van der Waals surface area contributed by atoms with E-state index in [0.29, 0.717) is 11.7 Å². The molecule has 17 heavy (non-hydrogen) atoms. The van der Waals surface area contributed by atoms with E-state index in [4.69, 9.17) is 10.9 Å². The molecule has 0 fully saturated rings. The van der Waals surface area contributed by atoms with E-state index in [1.165, 1.54) is 0 Å². The summed E-state index contributed by atoms with van der Waals surface area (Å²) in [5.74, 6) is 7.85. The SMILES string of the molecule is CCc1nc(NN)cc(NCC(C)CCO)n1. The molecule has 0 saturated carbocycles. The molecule has 5 N–H and O–H groups in total. The van der Waals surface area contributed by atoms with Gasteiger partial charge in [0.25, 0.3) is 0 Å². The number of rotatable bonds is 7. The van der Waals surface area contributed by atoms with Crippen molar-refractivity contribution in [2.45, 2.75) is 26.7 Å². The molecule has 6 nitrogen and oxygen atoms in total. The summed E-state index contributed by atoms with van der Waals surface area (Å²) in [5, 5.41) is 12.0. The van der Waals surface area contributed by atoms with Crippen LogP contribution in [0.1, 0.15) is 26.1 Å². The summed E-state index contributed by atoms with van der Waals surface area (Å²) in [6, 6.07) is 1.77. The van der Waals surface area contributed by atoms with Crippen LogP contribution >= 0.6 is 0 Å². The molecule has 0 aliphatic rings. The van der Waals surface area contributed by atoms with Gasteiger partial charge in [-0.1, -0.05) is 13.8 Å². The van der Waals surface area contributed by atoms with E-state index in [0.717, 1.165) is 31.0 Å². The molecule has 0 amide bonds. The number of aliphatic hydroxyl groups is 1. The first-order valence-corrected chi connectivity index (χ1v) is 5.88. The Morgan fingerprint density at radius 1 is 1.41 bits per heavy atom. The molecule has 0 aliphatic carbocycles. The third kappa shape index (κ3) is 4.54. The van der Waals surface area contributed by atoms with E-state index in [-0.39, 0.29) is 6.61 Å². The van der Waals surface area contributed by atoms with E-state index < -0.39 is 0 Å². The third-order valence-electron chi connectivity index (χ3n) is 2.49. The second-order valence-corrected chi connectivity index (χ2v) is 4.05. The van der Waals surface area contributed by atoms with Gasteiger partial charge >= 0.3 is 0 Å². The molecule has 0 aromatic carbocycles. The van der Waals surface area contributed by atoms with E-state index in [1.54, 1.807) is 6.07 Å². The van der Waals surface area contributed by atoms with Crippen LogP contribution < -0.4 is 16.6 Å². The third-order valence-corrected chi connectivity index (χ3v) is 2.49. The first kappa shape index (κ1) is 13.7. The second kappa shape index (κ2) is 7.03. The number of nitrogen functional groups attached to an aromatic ring is 1. The fourth-order valence-electron chi connectivity index (χ4n) is 1.42. The highest BCUT2D eigenvalue weighted by atomic mass is 16.3. The van der Waals surface area contributed by atoms with Gasteiger partial charge in [0.15, 0.2) is 0 Å². The number of nitrogens with one attached hydrogen (secondary N) is 2. The lowest BCUT2D eigenvalue weighted by Gasteiger charge is -2.13. The normalized spacial score (nSPS) is 12.2. The van der Waals surface area contributed by atoms with E-state index in [9.17, 15) is 0 Å². The molecule has 1 unspecified atom stereocenters. The van der Waals surface area contributed by atoms with Gasteiger partial charge in [0.1, 0.15) is 17.5 Å². The Hall–Kier alpha value is -1.40. The Balaban J connectivity index is 2.63. The molecular formula is C11H21N5O. The molecule has 0 bridgehead atoms. The molecule has 96 valence electrons. The molecule has 1 aromatic rings. The minimum atomic E-state index is 0.211. The van der Waals surface area contributed by atoms with Gasteiger partial charge < -0.3 is 15.8 Å². The van der Waals surface area contributed by atoms with Crippen LogP contribution in [-0.2, 0) is 6.42 Å². The van der Waals surface area contributed by atoms with Gasteiger partial charge in [-0.3, -0.25) is 0 Å². The lowest BCUT2D eigenvalue weighted by Crippen LogP contribution is -2.16. The molecule has 1 atom stereocenters. The molecular weight excluding hydrogens is 218 g/mol. The van der Waals surface area contributed by atoms with Gasteiger partial charge in [0.05, 0.1) is 0 Å². The number of nitrogens with zero attached hydrogens (tertiary/aromatic N) is 2. The predicted molar refractivity (Wildman–Crippen MR) is 68.6 cm³/mol. The largest absolute Gasteiger partial charge is 0.396 e. The first-order valence-electron chi connectivity index (χ1n) is 5.88. The standard InChI is InChI=1S/C11H21N5O/c1-3-9-14-10(6-11(15-9)16-12)13-7-8(2)4-5-17/h6,8,17H,3-5,7,12H2,1-2H3,(H2,13,14,15,16). The van der Waals surface area contributed by atoms with Gasteiger partial charge in [-0.25, -0.2) is 15.8 Å². The first-order chi connectivity index (χ1) is 8.19. The summed E-state index contributed by atoms with van der Waals surface area (Å²) in [5.41, 5.74) is 2.52. The Morgan fingerprint density at radius 2 is 2.12 bits per heavy atom. The van der Waals surface area contributed by atoms with Crippen LogP contribution in [0.5, 0.6) is 0 Å². The van der Waals surface area contributed by atoms with Crippen molar-refractivity contribution in [2.75, 3.05) is 23.9 Å². The van der Waals surface area contributed by atoms with Gasteiger partial charge in [-0.15, -0.1) is 0 Å². The van der Waals surface area contributed by atoms with Gasteiger partial charge in [0.2, 0.25) is 0 Å². The Bertz CT molecular complexity index is 322. The number of aryl methyl sites for hydroxylation is 1. The van der Waals surface area contributed by atoms with E-state index in [1.807, 2.05) is 6.92 Å². The number of nitrogens with two attached hydrogens (primary N) is 1. The number of anilines is 2. The van der Waals surface area contributed by atoms with Crippen molar-refractivity contribution in [2.24, 2.45) is 11.8 Å². The maximum atomic E-state index is 8.82. The number of hydrazine groups is 1. The predicted octanol–water partition coefficient (Wildman–Crippen LogP) is 0.755. The highest BCUT2D eigenvalue weighted by Gasteiger charge is 2.05. The summed E-state index contributed by atoms with van der Waals surface area (Å²) in [6.07, 6.45) is 1.54. The number of aromatic nitrogens is 2. The van der Waals surface area contributed by atoms with Crippen LogP contribution in [0.25, 0.3) is 0 Å². The second-order valence-electron chi connectivity index (χ2n) is 4.05. The van der Waals surface area contributed by atoms with Crippen LogP contribution in [0, 0.1) is 5.92 Å². The van der Waals surface area contributed by atoms with Crippen LogP contribution in [0.3, 0.4) is 0 Å². The van der Waals surface area contributed by atoms with Crippen molar-refractivity contribution >= 4 is 11.6 Å². The highest BCUT2D eigenvalue weighted by molar-refractivity contribution is 5.46. The Labute approximate surface area is 102 Å². The van der Waals surface area contributed by atoms with Crippen molar-refractivity contribution in [1.82, 2.24) is 9.97 Å². The zero-order valence-electron chi connectivity index (χ0n) is 10.4. The lowest BCUT2D eigenvalue weighted by molar-refractivity contribution is 0.266. The number of aliphatic hydroxyl groups excluding tert-OH is 1. The molecule has 1 aromatic heterocycles. The van der Waals surface area contributed by atoms with Gasteiger partial charge in [-0.2, -0.15) is 0 Å². The van der Waals surface area contributed by atoms with Gasteiger partial charge in [0, 0.05) is 25.6 Å². The minimum absolute atomic E-state index is 0.211. The summed E-state index contributed by atoms with van der Waals surface area (Å²) in [7, 11) is 0. The minimum Gasteiger partial charge on any atom is -0.396 e. The summed E-state index contributed by atoms with van der Waals surface area (Å²) >= 11 is 0. The van der Waals surface area contributed by atoms with E-state index >= 15 is 0 Å². The average molecular weight is 239 g/mol. The van der Waals surface area contributed by atoms with Crippen LogP contribution in [0.4, 0.5) is 11.6 Å². The molecule has 1 rings (SSSR count). The summed E-state index contributed by atoms with van der Waals surface area (Å²) < 4.78 is 0. The van der Waals surface area contributed by atoms with Crippen LogP contribution in [0.15, 0.2) is 6.07 Å². The zero-order valence-corrected chi connectivity index (χ0v) is 10.4. The van der Waals surface area contributed by atoms with Crippen LogP contribution in [-0.4, -0.2) is 28.2 Å². The molecule has 0 saturated heterocycles. The van der Waals surface area contributed by atoms with Crippen molar-refractivity contribution in [1.29, 1.82) is 0 Å². The zero-order chi connectivity index (χ0) is 12.7. The average Bonchev–Trinajstić information content (AvgIpc) is 2.36. The Morgan fingerprint density at radius 3 is 2.71 bits per heavy atom. The van der Waals surface area contributed by atoms with Crippen molar-refractivity contribution in [3.05, 3.63) is 11.9 Å². The topological polar surface area (TPSA) is 96.1 Å². The van der Waals surface area contributed by atoms with Crippen molar-refractivity contribution < 1.29 is 5.11 Å². The number of hydrogen-bond acceptors (Lipinski definition) is 6. The Kier molecular flexibility index (Phi) is 5.65. The van der Waals surface area contributed by atoms with Crippen molar-refractivity contribution in [3.63, 3.8) is 0 Å². The maximum absolute atomic E-state index is 8.82. The lowest BCUT2D eigenvalue weighted by atomic mass is 10.1. The molecule has 0 spiro atoms.